The summed E-state index contributed by atoms with van der Waals surface area (Å²) in [5.74, 6) is 0.286. The summed E-state index contributed by atoms with van der Waals surface area (Å²) in [5, 5.41) is 6.65. The Bertz CT molecular complexity index is 2080. The van der Waals surface area contributed by atoms with Gasteiger partial charge in [-0.05, 0) is 0 Å². The molecule has 4 nitrogen and oxygen atoms in total. The van der Waals surface area contributed by atoms with E-state index in [1.807, 2.05) is 13.8 Å². The van der Waals surface area contributed by atoms with Gasteiger partial charge in [0.05, 0.1) is 0 Å². The molecule has 0 saturated carbocycles. The molecule has 0 radical (unpaired) electrons. The molecule has 58 heavy (non-hydrogen) atoms. The summed E-state index contributed by atoms with van der Waals surface area (Å²) in [4.78, 5) is 27.6. The molecule has 0 heterocycles. The Balaban J connectivity index is 1.72. The van der Waals surface area contributed by atoms with Crippen LogP contribution < -0.4 is 10.5 Å². The predicted octanol–water partition coefficient (Wildman–Crippen LogP) is 14.3. The Morgan fingerprint density at radius 1 is 0.586 bits per heavy atom. The van der Waals surface area contributed by atoms with Crippen molar-refractivity contribution in [2.45, 2.75) is 126 Å². The van der Waals surface area contributed by atoms with Gasteiger partial charge in [0.1, 0.15) is 0 Å². The average Bonchev–Trinajstić information content (AvgIpc) is 3.81. The monoisotopic (exact) mass is 893 g/mol. The predicted molar refractivity (Wildman–Crippen MR) is 247 cm³/mol. The number of hydrogen-bond donors (Lipinski definition) is 2. The van der Waals surface area contributed by atoms with Crippen LogP contribution in [0.25, 0.3) is 34.4 Å². The van der Waals surface area contributed by atoms with E-state index in [0.717, 1.165) is 71.9 Å². The van der Waals surface area contributed by atoms with Gasteiger partial charge in [0.25, 0.3) is 0 Å². The first-order valence-corrected chi connectivity index (χ1v) is 32.4. The summed E-state index contributed by atoms with van der Waals surface area (Å²) < 4.78 is -1.71. The van der Waals surface area contributed by atoms with Crippen molar-refractivity contribution in [2.75, 3.05) is 0 Å². The quantitative estimate of drug-likeness (QED) is 0.104. The van der Waals surface area contributed by atoms with Gasteiger partial charge < -0.3 is 0 Å². The number of benzene rings is 4. The average molecular weight is 896 g/mol. The van der Waals surface area contributed by atoms with Gasteiger partial charge in [-0.15, -0.1) is 0 Å². The molecule has 305 valence electrons. The van der Waals surface area contributed by atoms with Crippen LogP contribution >= 0.6 is 17.0 Å². The fraction of sp³-hybridized carbons (Fsp3) is 0.400. The number of fused-ring (bicyclic) bond motifs is 2. The van der Waals surface area contributed by atoms with Crippen LogP contribution in [-0.2, 0) is 25.8 Å². The van der Waals surface area contributed by atoms with Crippen LogP contribution in [0.15, 0.2) is 96.1 Å². The Kier molecular flexibility index (Phi) is 14.2. The molecular formula is C50H62BCl2N2O2Zr. The Morgan fingerprint density at radius 3 is 1.33 bits per heavy atom. The number of unbranched alkanes of at least 4 members (excludes halogenated alkanes) is 2. The van der Waals surface area contributed by atoms with Crippen molar-refractivity contribution in [1.29, 1.82) is 0 Å². The normalized spacial score (nSPS) is 16.7. The van der Waals surface area contributed by atoms with Crippen molar-refractivity contribution < 1.29 is 25.8 Å². The maximum absolute atomic E-state index is 13.8. The molecular weight excluding hydrogens is 834 g/mol. The van der Waals surface area contributed by atoms with Crippen LogP contribution in [0.5, 0.6) is 0 Å². The zero-order valence-corrected chi connectivity index (χ0v) is 39.8. The van der Waals surface area contributed by atoms with Crippen molar-refractivity contribution in [3.05, 3.63) is 129 Å². The summed E-state index contributed by atoms with van der Waals surface area (Å²) in [5.41, 5.74) is 14.2. The summed E-state index contributed by atoms with van der Waals surface area (Å²) in [7, 11) is 18.0. The van der Waals surface area contributed by atoms with E-state index in [0.29, 0.717) is 11.8 Å². The summed E-state index contributed by atoms with van der Waals surface area (Å²) in [6.07, 6.45) is 10.8. The van der Waals surface area contributed by atoms with Crippen molar-refractivity contribution in [2.24, 2.45) is 0 Å². The molecule has 8 heteroatoms. The number of carbonyl (C=O) groups is 2. The van der Waals surface area contributed by atoms with E-state index in [-0.39, 0.29) is 31.9 Å². The zero-order chi connectivity index (χ0) is 41.8. The molecule has 0 bridgehead atoms. The third kappa shape index (κ3) is 8.29. The summed E-state index contributed by atoms with van der Waals surface area (Å²) in [6, 6.07) is 30.6. The number of carbonyl (C=O) groups excluding carboxylic acids is 2. The first kappa shape index (κ1) is 44.4. The van der Waals surface area contributed by atoms with Gasteiger partial charge in [0.15, 0.2) is 0 Å². The van der Waals surface area contributed by atoms with Gasteiger partial charge in [-0.2, -0.15) is 0 Å². The molecule has 4 aromatic carbocycles. The number of amides is 2. The number of nitrogens with one attached hydrogen (secondary N) is 2. The molecule has 2 aliphatic rings. The second kappa shape index (κ2) is 18.6. The van der Waals surface area contributed by atoms with Crippen LogP contribution in [0.2, 0.25) is 0 Å². The fourth-order valence-electron chi connectivity index (χ4n) is 9.73. The SMILES string of the molecule is CCCCC1=Cc2c(-c3ccccc3C(C)C)cccc2[CH]1[Zr]([Cl])([Cl])([B](NC(=O)CC)NC(=O)CC)[CH]1C(CCCC)=Cc2c(-c3ccccc3C(C)C)cccc21. The van der Waals surface area contributed by atoms with E-state index in [4.69, 9.17) is 17.0 Å². The van der Waals surface area contributed by atoms with Crippen LogP contribution in [-0.4, -0.2) is 16.3 Å². The zero-order valence-electron chi connectivity index (χ0n) is 35.9. The van der Waals surface area contributed by atoms with E-state index in [1.54, 1.807) is 0 Å². The molecule has 2 unspecified atom stereocenters. The van der Waals surface area contributed by atoms with Crippen LogP contribution in [0.4, 0.5) is 0 Å². The molecule has 0 fully saturated rings. The molecule has 0 aliphatic heterocycles. The third-order valence-corrected chi connectivity index (χ3v) is 32.5. The van der Waals surface area contributed by atoms with Crippen molar-refractivity contribution in [3.8, 4) is 22.3 Å². The molecule has 2 amide bonds. The second-order valence-corrected chi connectivity index (χ2v) is 38.5. The standard InChI is InChI=1S/2C22H25.C6H11BN2O2.2ClH.Zr/c2*1-4-5-9-17-14-18-10-8-13-21(22(18)15-17)20-12-7-6-11-19(20)16(2)3;1-3-5(10)8-7-9-6(11)4-2;;;/h2*6-8,10-16H,4-5,9H2,1-3H3;3-4H2,1-2H3,(H-,8,9,10,11);2*1H;/q;;;;;+1/p-1. The van der Waals surface area contributed by atoms with E-state index < -0.39 is 20.7 Å². The van der Waals surface area contributed by atoms with Crippen LogP contribution in [0.3, 0.4) is 0 Å². The van der Waals surface area contributed by atoms with Gasteiger partial charge in [-0.25, -0.2) is 0 Å². The van der Waals surface area contributed by atoms with Gasteiger partial charge in [-0.1, -0.05) is 0 Å². The third-order valence-electron chi connectivity index (χ3n) is 12.6. The number of rotatable bonds is 17. The number of halogens is 2. The van der Waals surface area contributed by atoms with E-state index >= 15 is 0 Å². The fourth-order valence-corrected chi connectivity index (χ4v) is 30.5. The molecule has 2 aliphatic carbocycles. The minimum absolute atomic E-state index is 0.183. The van der Waals surface area contributed by atoms with Crippen LogP contribution in [0, 0.1) is 0 Å². The van der Waals surface area contributed by atoms with E-state index in [1.165, 1.54) is 33.4 Å². The Labute approximate surface area is 356 Å². The van der Waals surface area contributed by atoms with Crippen molar-refractivity contribution in [1.82, 2.24) is 10.5 Å². The van der Waals surface area contributed by atoms with E-state index in [2.05, 4.69) is 149 Å². The van der Waals surface area contributed by atoms with Crippen LogP contribution in [0.1, 0.15) is 159 Å². The molecule has 2 N–H and O–H groups in total. The molecule has 4 aromatic rings. The van der Waals surface area contributed by atoms with Gasteiger partial charge in [0.2, 0.25) is 0 Å². The van der Waals surface area contributed by atoms with Gasteiger partial charge >= 0.3 is 359 Å². The first-order valence-electron chi connectivity index (χ1n) is 21.8. The molecule has 0 aromatic heterocycles. The molecule has 6 rings (SSSR count). The minimum atomic E-state index is -6.03. The number of allylic oxidation sites excluding steroid dienone is 2. The molecule has 0 spiro atoms. The van der Waals surface area contributed by atoms with Crippen molar-refractivity contribution in [3.63, 3.8) is 0 Å². The van der Waals surface area contributed by atoms with Gasteiger partial charge in [-0.3, -0.25) is 0 Å². The maximum atomic E-state index is 13.8. The van der Waals surface area contributed by atoms with Gasteiger partial charge in [0, 0.05) is 0 Å². The molecule has 2 atom stereocenters. The van der Waals surface area contributed by atoms with E-state index in [9.17, 15) is 9.59 Å². The van der Waals surface area contributed by atoms with Crippen molar-refractivity contribution >= 4 is 45.5 Å². The molecule has 0 saturated heterocycles. The Morgan fingerprint density at radius 2 is 0.966 bits per heavy atom. The topological polar surface area (TPSA) is 58.2 Å². The first-order chi connectivity index (χ1) is 27.8. The summed E-state index contributed by atoms with van der Waals surface area (Å²) in [6.45, 7) is 17.1. The summed E-state index contributed by atoms with van der Waals surface area (Å²) >= 11 is -6.03. The second-order valence-electron chi connectivity index (χ2n) is 17.1. The number of hydrogen-bond acceptors (Lipinski definition) is 2. The Hall–Kier alpha value is -3.17.